The molecule has 1 heterocycles. The summed E-state index contributed by atoms with van der Waals surface area (Å²) in [5.74, 6) is 1.09. The maximum atomic E-state index is 10.0. The molecule has 1 aromatic rings. The van der Waals surface area contributed by atoms with Gasteiger partial charge in [0.2, 0.25) is 0 Å². The van der Waals surface area contributed by atoms with Gasteiger partial charge >= 0.3 is 29.6 Å². The van der Waals surface area contributed by atoms with Gasteiger partial charge in [-0.2, -0.15) is 0 Å². The fraction of sp³-hybridized carbons (Fsp3) is 0.600. The Bertz CT molecular complexity index is 351. The third-order valence-corrected chi connectivity index (χ3v) is 2.34. The number of aromatic nitrogens is 2. The molecule has 8 heteroatoms. The largest absolute Gasteiger partial charge is 1.00 e. The summed E-state index contributed by atoms with van der Waals surface area (Å²) in [4.78, 5) is 20.2. The van der Waals surface area contributed by atoms with Crippen molar-refractivity contribution in [3.8, 4) is 0 Å². The van der Waals surface area contributed by atoms with Gasteiger partial charge in [0.1, 0.15) is 5.82 Å². The van der Waals surface area contributed by atoms with E-state index in [1.165, 1.54) is 6.20 Å². The number of nitrogens with zero attached hydrogens (tertiary/aromatic N) is 4. The zero-order valence-corrected chi connectivity index (χ0v) is 13.2. The Morgan fingerprint density at radius 3 is 2.83 bits per heavy atom. The van der Waals surface area contributed by atoms with Crippen molar-refractivity contribution >= 4 is 11.6 Å². The molecular formula is C10H18N6NaO+. The van der Waals surface area contributed by atoms with Gasteiger partial charge in [0, 0.05) is 13.6 Å². The van der Waals surface area contributed by atoms with E-state index in [2.05, 4.69) is 26.0 Å². The molecule has 0 saturated heterocycles. The smallest absolute Gasteiger partial charge is 0.358 e. The molecule has 0 radical (unpaired) electrons. The summed E-state index contributed by atoms with van der Waals surface area (Å²) in [6.45, 7) is 1.91. The zero-order valence-electron chi connectivity index (χ0n) is 11.2. The van der Waals surface area contributed by atoms with Gasteiger partial charge in [-0.05, 0) is 26.4 Å². The Balaban J connectivity index is 0.00000289. The molecule has 0 unspecified atom stereocenters. The van der Waals surface area contributed by atoms with Crippen LogP contribution in [-0.4, -0.2) is 37.2 Å². The molecule has 94 valence electrons. The Hall–Kier alpha value is -0.760. The Morgan fingerprint density at radius 1 is 1.39 bits per heavy atom. The van der Waals surface area contributed by atoms with Crippen molar-refractivity contribution in [3.63, 3.8) is 0 Å². The second kappa shape index (κ2) is 10.2. The van der Waals surface area contributed by atoms with E-state index in [0.29, 0.717) is 5.82 Å². The van der Waals surface area contributed by atoms with Crippen LogP contribution in [0.5, 0.6) is 0 Å². The van der Waals surface area contributed by atoms with Gasteiger partial charge in [-0.15, -0.1) is 4.91 Å². The number of rotatable bonds is 8. The molecule has 0 atom stereocenters. The van der Waals surface area contributed by atoms with Gasteiger partial charge in [0.15, 0.2) is 5.82 Å². The third-order valence-electron chi connectivity index (χ3n) is 2.34. The minimum atomic E-state index is 0. The topological polar surface area (TPSA) is 82.5 Å². The number of unbranched alkanes of at least 4 members (excludes halogenated alkanes) is 1. The predicted molar refractivity (Wildman–Crippen MR) is 67.9 cm³/mol. The van der Waals surface area contributed by atoms with Gasteiger partial charge in [-0.1, -0.05) is 0 Å². The quantitative estimate of drug-likeness (QED) is 0.244. The van der Waals surface area contributed by atoms with Crippen LogP contribution in [0, 0.1) is 4.91 Å². The van der Waals surface area contributed by atoms with Crippen molar-refractivity contribution in [1.29, 1.82) is 0 Å². The first-order chi connectivity index (χ1) is 8.27. The fourth-order valence-electron chi connectivity index (χ4n) is 1.41. The van der Waals surface area contributed by atoms with Gasteiger partial charge < -0.3 is 10.2 Å². The van der Waals surface area contributed by atoms with Crippen LogP contribution in [0.15, 0.2) is 17.7 Å². The van der Waals surface area contributed by atoms with Crippen LogP contribution < -0.4 is 45.2 Å². The minimum absolute atomic E-state index is 0. The molecule has 1 rings (SSSR count). The summed E-state index contributed by atoms with van der Waals surface area (Å²) in [6.07, 6.45) is 5.30. The third kappa shape index (κ3) is 6.25. The molecule has 0 spiro atoms. The van der Waals surface area contributed by atoms with Crippen LogP contribution in [0.4, 0.5) is 11.6 Å². The first kappa shape index (κ1) is 17.2. The van der Waals surface area contributed by atoms with Crippen LogP contribution in [-0.2, 0) is 0 Å². The molecule has 0 bridgehead atoms. The van der Waals surface area contributed by atoms with Crippen molar-refractivity contribution in [1.82, 2.24) is 15.3 Å². The molecule has 0 aliphatic carbocycles. The second-order valence-electron chi connectivity index (χ2n) is 3.70. The normalized spacial score (nSPS) is 9.44. The summed E-state index contributed by atoms with van der Waals surface area (Å²) >= 11 is 0. The first-order valence-electron chi connectivity index (χ1n) is 5.54. The van der Waals surface area contributed by atoms with E-state index in [4.69, 9.17) is 0 Å². The van der Waals surface area contributed by atoms with E-state index in [9.17, 15) is 4.91 Å². The first-order valence-corrected chi connectivity index (χ1v) is 5.54. The maximum absolute atomic E-state index is 10.0. The van der Waals surface area contributed by atoms with Crippen molar-refractivity contribution < 1.29 is 29.6 Å². The SMILES string of the molecule is CNCCCCN(C)c1cncc(NN=O)n1.[Na+]. The molecule has 0 fully saturated rings. The average molecular weight is 261 g/mol. The van der Waals surface area contributed by atoms with E-state index < -0.39 is 0 Å². The van der Waals surface area contributed by atoms with Crippen molar-refractivity contribution in [2.24, 2.45) is 5.29 Å². The molecular weight excluding hydrogens is 243 g/mol. The maximum Gasteiger partial charge on any atom is 1.00 e. The van der Waals surface area contributed by atoms with E-state index in [1.807, 2.05) is 19.0 Å². The van der Waals surface area contributed by atoms with E-state index in [1.54, 1.807) is 6.20 Å². The molecule has 0 aliphatic rings. The van der Waals surface area contributed by atoms with E-state index in [0.717, 1.165) is 31.7 Å². The van der Waals surface area contributed by atoms with Crippen LogP contribution in [0.3, 0.4) is 0 Å². The Morgan fingerprint density at radius 2 is 2.17 bits per heavy atom. The monoisotopic (exact) mass is 261 g/mol. The van der Waals surface area contributed by atoms with Gasteiger partial charge in [-0.25, -0.2) is 10.4 Å². The molecule has 7 nitrogen and oxygen atoms in total. The van der Waals surface area contributed by atoms with Crippen LogP contribution in [0.1, 0.15) is 12.8 Å². The van der Waals surface area contributed by atoms with Gasteiger partial charge in [0.25, 0.3) is 0 Å². The molecule has 0 aliphatic heterocycles. The summed E-state index contributed by atoms with van der Waals surface area (Å²) in [7, 11) is 3.89. The number of hydrogen-bond donors (Lipinski definition) is 2. The zero-order chi connectivity index (χ0) is 12.5. The van der Waals surface area contributed by atoms with Crippen LogP contribution in [0.2, 0.25) is 0 Å². The summed E-state index contributed by atoms with van der Waals surface area (Å²) in [5.41, 5.74) is 2.24. The van der Waals surface area contributed by atoms with Crippen molar-refractivity contribution in [3.05, 3.63) is 17.3 Å². The average Bonchev–Trinajstić information content (AvgIpc) is 2.35. The molecule has 0 saturated carbocycles. The van der Waals surface area contributed by atoms with Crippen LogP contribution >= 0.6 is 0 Å². The molecule has 0 amide bonds. The molecule has 1 aromatic heterocycles. The van der Waals surface area contributed by atoms with E-state index in [-0.39, 0.29) is 29.6 Å². The van der Waals surface area contributed by atoms with Crippen molar-refractivity contribution in [2.75, 3.05) is 37.5 Å². The predicted octanol–water partition coefficient (Wildman–Crippen LogP) is -1.99. The minimum Gasteiger partial charge on any atom is -0.358 e. The van der Waals surface area contributed by atoms with Crippen molar-refractivity contribution in [2.45, 2.75) is 12.8 Å². The Kier molecular flexibility index (Phi) is 9.76. The van der Waals surface area contributed by atoms with Gasteiger partial charge in [0.05, 0.1) is 17.7 Å². The molecule has 18 heavy (non-hydrogen) atoms. The number of hydrogen-bond acceptors (Lipinski definition) is 6. The number of nitroso groups, excluding NO2 is 1. The number of nitrogens with one attached hydrogen (secondary N) is 2. The standard InChI is InChI=1S/C10H18N6O.Na/c1-11-5-3-4-6-16(2)10-8-12-7-9(13-10)14-15-17;/h7-8,11H,3-6H2,1-2H3,(H,13,14,17);/q;+1. The second-order valence-corrected chi connectivity index (χ2v) is 3.70. The number of anilines is 2. The summed E-state index contributed by atoms with van der Waals surface area (Å²) < 4.78 is 0. The molecule has 2 N–H and O–H groups in total. The fourth-order valence-corrected chi connectivity index (χ4v) is 1.41. The summed E-state index contributed by atoms with van der Waals surface area (Å²) in [6, 6.07) is 0. The Labute approximate surface area is 129 Å². The van der Waals surface area contributed by atoms with Crippen LogP contribution in [0.25, 0.3) is 0 Å². The van der Waals surface area contributed by atoms with E-state index >= 15 is 0 Å². The van der Waals surface area contributed by atoms with Gasteiger partial charge in [-0.3, -0.25) is 4.98 Å². The molecule has 0 aromatic carbocycles. The summed E-state index contributed by atoms with van der Waals surface area (Å²) in [5, 5.41) is 5.67.